The number of halogens is 1. The Balaban J connectivity index is 2.23. The minimum Gasteiger partial charge on any atom is -0.430 e. The first kappa shape index (κ1) is 12.4. The number of rotatable bonds is 2. The van der Waals surface area contributed by atoms with Crippen molar-refractivity contribution in [2.45, 2.75) is 6.92 Å². The van der Waals surface area contributed by atoms with Gasteiger partial charge in [0.05, 0.1) is 5.56 Å². The predicted molar refractivity (Wildman–Crippen MR) is 69.1 cm³/mol. The summed E-state index contributed by atoms with van der Waals surface area (Å²) in [7, 11) is 0. The Morgan fingerprint density at radius 1 is 1.28 bits per heavy atom. The average Bonchev–Trinajstić information content (AvgIpc) is 2.34. The van der Waals surface area contributed by atoms with Crippen molar-refractivity contribution in [3.05, 3.63) is 63.2 Å². The number of carbonyl (C=O) groups excluding carboxylic acids is 1. The standard InChI is InChI=1S/C13H10ClNO3/c1-8-2-4-10(14)6-11(8)15-13(17)9-3-5-12(16)18-7-9/h2-7H,1H3,(H,15,17). The minimum atomic E-state index is -0.495. The SMILES string of the molecule is Cc1ccc(Cl)cc1NC(=O)c1ccc(=O)oc1. The van der Waals surface area contributed by atoms with E-state index in [0.29, 0.717) is 10.7 Å². The fourth-order valence-electron chi connectivity index (χ4n) is 1.41. The van der Waals surface area contributed by atoms with E-state index in [1.807, 2.05) is 13.0 Å². The summed E-state index contributed by atoms with van der Waals surface area (Å²) in [6.45, 7) is 1.86. The Labute approximate surface area is 108 Å². The van der Waals surface area contributed by atoms with Gasteiger partial charge in [0.15, 0.2) is 0 Å². The van der Waals surface area contributed by atoms with Crippen LogP contribution in [-0.4, -0.2) is 5.91 Å². The molecule has 1 aromatic carbocycles. The first-order valence-electron chi connectivity index (χ1n) is 5.22. The summed E-state index contributed by atoms with van der Waals surface area (Å²) >= 11 is 5.86. The van der Waals surface area contributed by atoms with E-state index in [1.54, 1.807) is 12.1 Å². The van der Waals surface area contributed by atoms with Crippen LogP contribution in [0.15, 0.2) is 45.8 Å². The van der Waals surface area contributed by atoms with Gasteiger partial charge < -0.3 is 9.73 Å². The molecule has 0 fully saturated rings. The number of benzene rings is 1. The lowest BCUT2D eigenvalue weighted by Gasteiger charge is -2.08. The lowest BCUT2D eigenvalue weighted by molar-refractivity contribution is 0.102. The summed E-state index contributed by atoms with van der Waals surface area (Å²) in [5.74, 6) is -0.357. The van der Waals surface area contributed by atoms with E-state index in [-0.39, 0.29) is 11.5 Å². The third-order valence-electron chi connectivity index (χ3n) is 2.41. The van der Waals surface area contributed by atoms with Crippen LogP contribution >= 0.6 is 11.6 Å². The number of aryl methyl sites for hydroxylation is 1. The fourth-order valence-corrected chi connectivity index (χ4v) is 1.58. The van der Waals surface area contributed by atoms with Gasteiger partial charge in [0.2, 0.25) is 0 Å². The number of carbonyl (C=O) groups is 1. The van der Waals surface area contributed by atoms with Crippen molar-refractivity contribution in [3.8, 4) is 0 Å². The van der Waals surface area contributed by atoms with Gasteiger partial charge in [0.1, 0.15) is 6.26 Å². The van der Waals surface area contributed by atoms with Crippen LogP contribution in [0.3, 0.4) is 0 Å². The quantitative estimate of drug-likeness (QED) is 0.906. The van der Waals surface area contributed by atoms with E-state index in [0.717, 1.165) is 11.8 Å². The zero-order valence-electron chi connectivity index (χ0n) is 9.57. The molecule has 0 saturated heterocycles. The number of amides is 1. The summed E-state index contributed by atoms with van der Waals surface area (Å²) in [6, 6.07) is 7.81. The van der Waals surface area contributed by atoms with Crippen LogP contribution in [0.5, 0.6) is 0 Å². The van der Waals surface area contributed by atoms with Crippen molar-refractivity contribution in [2.75, 3.05) is 5.32 Å². The molecule has 0 spiro atoms. The largest absolute Gasteiger partial charge is 0.430 e. The van der Waals surface area contributed by atoms with Crippen LogP contribution < -0.4 is 10.9 Å². The Morgan fingerprint density at radius 2 is 2.06 bits per heavy atom. The third kappa shape index (κ3) is 2.78. The van der Waals surface area contributed by atoms with Gasteiger partial charge in [0, 0.05) is 16.8 Å². The third-order valence-corrected chi connectivity index (χ3v) is 2.65. The predicted octanol–water partition coefficient (Wildman–Crippen LogP) is 2.85. The molecule has 0 atom stereocenters. The first-order chi connectivity index (χ1) is 8.56. The molecule has 5 heteroatoms. The van der Waals surface area contributed by atoms with Crippen LogP contribution in [0.25, 0.3) is 0 Å². The van der Waals surface area contributed by atoms with Crippen LogP contribution in [-0.2, 0) is 0 Å². The maximum Gasteiger partial charge on any atom is 0.335 e. The number of hydrogen-bond donors (Lipinski definition) is 1. The summed E-state index contributed by atoms with van der Waals surface area (Å²) in [5.41, 5.74) is 1.29. The van der Waals surface area contributed by atoms with E-state index in [9.17, 15) is 9.59 Å². The van der Waals surface area contributed by atoms with Gasteiger partial charge in [-0.2, -0.15) is 0 Å². The van der Waals surface area contributed by atoms with Gasteiger partial charge in [-0.15, -0.1) is 0 Å². The summed E-state index contributed by atoms with van der Waals surface area (Å²) in [4.78, 5) is 22.7. The highest BCUT2D eigenvalue weighted by Gasteiger charge is 2.08. The summed E-state index contributed by atoms with van der Waals surface area (Å²) in [5, 5.41) is 3.24. The maximum absolute atomic E-state index is 11.9. The zero-order valence-corrected chi connectivity index (χ0v) is 10.3. The first-order valence-corrected chi connectivity index (χ1v) is 5.60. The van der Waals surface area contributed by atoms with Gasteiger partial charge in [-0.1, -0.05) is 17.7 Å². The molecule has 18 heavy (non-hydrogen) atoms. The maximum atomic E-state index is 11.9. The molecular weight excluding hydrogens is 254 g/mol. The van der Waals surface area contributed by atoms with Crippen molar-refractivity contribution in [2.24, 2.45) is 0 Å². The van der Waals surface area contributed by atoms with E-state index < -0.39 is 5.63 Å². The van der Waals surface area contributed by atoms with Gasteiger partial charge >= 0.3 is 5.63 Å². The van der Waals surface area contributed by atoms with E-state index in [2.05, 4.69) is 9.73 Å². The highest BCUT2D eigenvalue weighted by Crippen LogP contribution is 2.20. The van der Waals surface area contributed by atoms with Gasteiger partial charge in [-0.3, -0.25) is 4.79 Å². The molecule has 0 aliphatic heterocycles. The molecule has 1 aromatic heterocycles. The lowest BCUT2D eigenvalue weighted by atomic mass is 10.2. The Bertz CT molecular complexity index is 628. The van der Waals surface area contributed by atoms with Crippen molar-refractivity contribution < 1.29 is 9.21 Å². The molecule has 2 aromatic rings. The van der Waals surface area contributed by atoms with Crippen molar-refractivity contribution >= 4 is 23.2 Å². The zero-order chi connectivity index (χ0) is 13.1. The van der Waals surface area contributed by atoms with Crippen LogP contribution in [0.1, 0.15) is 15.9 Å². The van der Waals surface area contributed by atoms with Gasteiger partial charge in [0.25, 0.3) is 5.91 Å². The Hall–Kier alpha value is -2.07. The normalized spacial score (nSPS) is 10.1. The number of nitrogens with one attached hydrogen (secondary N) is 1. The molecular formula is C13H10ClNO3. The second kappa shape index (κ2) is 5.06. The smallest absolute Gasteiger partial charge is 0.335 e. The second-order valence-corrected chi connectivity index (χ2v) is 4.19. The molecule has 0 bridgehead atoms. The summed E-state index contributed by atoms with van der Waals surface area (Å²) < 4.78 is 4.63. The van der Waals surface area contributed by atoms with Gasteiger partial charge in [-0.25, -0.2) is 4.79 Å². The molecule has 0 saturated carbocycles. The minimum absolute atomic E-state index is 0.272. The molecule has 4 nitrogen and oxygen atoms in total. The van der Waals surface area contributed by atoms with Crippen molar-refractivity contribution in [3.63, 3.8) is 0 Å². The highest BCUT2D eigenvalue weighted by molar-refractivity contribution is 6.31. The van der Waals surface area contributed by atoms with Crippen molar-refractivity contribution in [1.82, 2.24) is 0 Å². The molecule has 1 amide bonds. The monoisotopic (exact) mass is 263 g/mol. The van der Waals surface area contributed by atoms with Crippen LogP contribution in [0.2, 0.25) is 5.02 Å². The molecule has 0 unspecified atom stereocenters. The molecule has 0 aliphatic rings. The van der Waals surface area contributed by atoms with Crippen LogP contribution in [0.4, 0.5) is 5.69 Å². The van der Waals surface area contributed by atoms with E-state index in [1.165, 1.54) is 12.1 Å². The fraction of sp³-hybridized carbons (Fsp3) is 0.0769. The second-order valence-electron chi connectivity index (χ2n) is 3.76. The molecule has 1 N–H and O–H groups in total. The van der Waals surface area contributed by atoms with Crippen molar-refractivity contribution in [1.29, 1.82) is 0 Å². The Kier molecular flexibility index (Phi) is 3.48. The summed E-state index contributed by atoms with van der Waals surface area (Å²) in [6.07, 6.45) is 1.12. The molecule has 0 aliphatic carbocycles. The van der Waals surface area contributed by atoms with E-state index in [4.69, 9.17) is 11.6 Å². The molecule has 92 valence electrons. The molecule has 0 radical (unpaired) electrons. The lowest BCUT2D eigenvalue weighted by Crippen LogP contribution is -2.13. The number of anilines is 1. The highest BCUT2D eigenvalue weighted by atomic mass is 35.5. The number of hydrogen-bond acceptors (Lipinski definition) is 3. The average molecular weight is 264 g/mol. The Morgan fingerprint density at radius 3 is 2.72 bits per heavy atom. The molecule has 1 heterocycles. The van der Waals surface area contributed by atoms with Gasteiger partial charge in [-0.05, 0) is 30.7 Å². The van der Waals surface area contributed by atoms with E-state index >= 15 is 0 Å². The molecule has 2 rings (SSSR count). The topological polar surface area (TPSA) is 59.3 Å². The van der Waals surface area contributed by atoms with Crippen LogP contribution in [0, 0.1) is 6.92 Å².